The monoisotopic (exact) mass is 434 g/mol. The molecule has 2 amide bonds. The zero-order chi connectivity index (χ0) is 21.4. The van der Waals surface area contributed by atoms with E-state index in [0.717, 1.165) is 11.1 Å². The minimum absolute atomic E-state index is 0.117. The molecule has 156 valence electrons. The van der Waals surface area contributed by atoms with Crippen LogP contribution in [0.25, 0.3) is 0 Å². The lowest BCUT2D eigenvalue weighted by Gasteiger charge is -2.31. The van der Waals surface area contributed by atoms with E-state index in [9.17, 15) is 9.59 Å². The number of carbonyl (C=O) groups is 2. The molecule has 1 N–H and O–H groups in total. The Hall–Kier alpha value is -2.04. The van der Waals surface area contributed by atoms with Crippen molar-refractivity contribution in [2.24, 2.45) is 5.92 Å². The molecule has 6 heteroatoms. The SMILES string of the molecule is CC[C@@H](C(=O)NCC(C)C)N(Cc1ccc(Cl)cc1Cl)C(=O)Cc1ccccc1. The zero-order valence-corrected chi connectivity index (χ0v) is 18.6. The van der Waals surface area contributed by atoms with Crippen molar-refractivity contribution < 1.29 is 9.59 Å². The summed E-state index contributed by atoms with van der Waals surface area (Å²) in [7, 11) is 0. The molecule has 4 nitrogen and oxygen atoms in total. The van der Waals surface area contributed by atoms with Crippen molar-refractivity contribution in [1.82, 2.24) is 10.2 Å². The molecule has 0 aliphatic heterocycles. The first-order chi connectivity index (χ1) is 13.8. The van der Waals surface area contributed by atoms with Gasteiger partial charge < -0.3 is 10.2 Å². The summed E-state index contributed by atoms with van der Waals surface area (Å²) in [5.74, 6) is 0.0668. The fraction of sp³-hybridized carbons (Fsp3) is 0.391. The van der Waals surface area contributed by atoms with Crippen LogP contribution >= 0.6 is 23.2 Å². The van der Waals surface area contributed by atoms with Crippen LogP contribution in [0.5, 0.6) is 0 Å². The lowest BCUT2D eigenvalue weighted by atomic mass is 10.1. The molecule has 2 rings (SSSR count). The molecule has 0 aromatic heterocycles. The van der Waals surface area contributed by atoms with E-state index in [1.54, 1.807) is 23.1 Å². The zero-order valence-electron chi connectivity index (χ0n) is 17.1. The highest BCUT2D eigenvalue weighted by Gasteiger charge is 2.29. The molecule has 29 heavy (non-hydrogen) atoms. The lowest BCUT2D eigenvalue weighted by molar-refractivity contribution is -0.141. The minimum atomic E-state index is -0.572. The first-order valence-corrected chi connectivity index (χ1v) is 10.6. The van der Waals surface area contributed by atoms with Gasteiger partial charge in [-0.3, -0.25) is 9.59 Å². The van der Waals surface area contributed by atoms with Crippen LogP contribution in [0.3, 0.4) is 0 Å². The summed E-state index contributed by atoms with van der Waals surface area (Å²) >= 11 is 12.4. The van der Waals surface area contributed by atoms with Crippen LogP contribution in [0.15, 0.2) is 48.5 Å². The van der Waals surface area contributed by atoms with Gasteiger partial charge in [0, 0.05) is 23.1 Å². The van der Waals surface area contributed by atoms with Crippen molar-refractivity contribution >= 4 is 35.0 Å². The summed E-state index contributed by atoms with van der Waals surface area (Å²) in [5.41, 5.74) is 1.66. The maximum absolute atomic E-state index is 13.2. The lowest BCUT2D eigenvalue weighted by Crippen LogP contribution is -2.50. The van der Waals surface area contributed by atoms with Crippen LogP contribution in [0.1, 0.15) is 38.3 Å². The predicted molar refractivity (Wildman–Crippen MR) is 119 cm³/mol. The molecular weight excluding hydrogens is 407 g/mol. The van der Waals surface area contributed by atoms with Gasteiger partial charge in [-0.25, -0.2) is 0 Å². The molecule has 0 aliphatic carbocycles. The van der Waals surface area contributed by atoms with E-state index in [-0.39, 0.29) is 24.8 Å². The van der Waals surface area contributed by atoms with E-state index >= 15 is 0 Å². The number of nitrogens with zero attached hydrogens (tertiary/aromatic N) is 1. The molecule has 0 saturated carbocycles. The van der Waals surface area contributed by atoms with Gasteiger partial charge in [-0.1, -0.05) is 80.4 Å². The Morgan fingerprint density at radius 3 is 2.34 bits per heavy atom. The Morgan fingerprint density at radius 2 is 1.76 bits per heavy atom. The molecule has 0 aliphatic rings. The van der Waals surface area contributed by atoms with Crippen molar-refractivity contribution in [2.45, 2.75) is 46.2 Å². The normalized spacial score (nSPS) is 11.9. The number of rotatable bonds is 9. The second kappa shape index (κ2) is 11.2. The Kier molecular flexibility index (Phi) is 8.99. The quantitative estimate of drug-likeness (QED) is 0.595. The van der Waals surface area contributed by atoms with Gasteiger partial charge >= 0.3 is 0 Å². The Balaban J connectivity index is 2.29. The largest absolute Gasteiger partial charge is 0.354 e. The number of hydrogen-bond acceptors (Lipinski definition) is 2. The Morgan fingerprint density at radius 1 is 1.07 bits per heavy atom. The number of halogens is 2. The van der Waals surface area contributed by atoms with Crippen molar-refractivity contribution in [3.63, 3.8) is 0 Å². The number of benzene rings is 2. The molecule has 0 unspecified atom stereocenters. The molecule has 0 fully saturated rings. The van der Waals surface area contributed by atoms with Crippen LogP contribution in [0, 0.1) is 5.92 Å². The van der Waals surface area contributed by atoms with E-state index in [2.05, 4.69) is 5.32 Å². The fourth-order valence-electron chi connectivity index (χ4n) is 3.05. The molecule has 2 aromatic carbocycles. The summed E-state index contributed by atoms with van der Waals surface area (Å²) in [6, 6.07) is 14.1. The van der Waals surface area contributed by atoms with E-state index in [4.69, 9.17) is 23.2 Å². The van der Waals surface area contributed by atoms with Crippen LogP contribution in [-0.2, 0) is 22.6 Å². The minimum Gasteiger partial charge on any atom is -0.354 e. The number of carbonyl (C=O) groups excluding carboxylic acids is 2. The average Bonchev–Trinajstić information content (AvgIpc) is 2.68. The van der Waals surface area contributed by atoms with Gasteiger partial charge in [-0.2, -0.15) is 0 Å². The number of amides is 2. The van der Waals surface area contributed by atoms with Crippen molar-refractivity contribution in [3.05, 3.63) is 69.7 Å². The van der Waals surface area contributed by atoms with Gasteiger partial charge in [0.15, 0.2) is 0 Å². The van der Waals surface area contributed by atoms with E-state index in [1.807, 2.05) is 51.1 Å². The third kappa shape index (κ3) is 7.06. The van der Waals surface area contributed by atoms with Gasteiger partial charge in [-0.15, -0.1) is 0 Å². The van der Waals surface area contributed by atoms with Crippen LogP contribution in [0.2, 0.25) is 10.0 Å². The van der Waals surface area contributed by atoms with Crippen LogP contribution in [-0.4, -0.2) is 29.3 Å². The van der Waals surface area contributed by atoms with Gasteiger partial charge in [-0.05, 0) is 35.6 Å². The summed E-state index contributed by atoms with van der Waals surface area (Å²) in [4.78, 5) is 27.7. The third-order valence-electron chi connectivity index (χ3n) is 4.62. The Bertz CT molecular complexity index is 825. The molecule has 2 aromatic rings. The highest BCUT2D eigenvalue weighted by molar-refractivity contribution is 6.35. The van der Waals surface area contributed by atoms with Crippen molar-refractivity contribution in [3.8, 4) is 0 Å². The van der Waals surface area contributed by atoms with E-state index < -0.39 is 6.04 Å². The highest BCUT2D eigenvalue weighted by Crippen LogP contribution is 2.24. The number of nitrogens with one attached hydrogen (secondary N) is 1. The topological polar surface area (TPSA) is 49.4 Å². The summed E-state index contributed by atoms with van der Waals surface area (Å²) < 4.78 is 0. The van der Waals surface area contributed by atoms with Gasteiger partial charge in [0.2, 0.25) is 11.8 Å². The van der Waals surface area contributed by atoms with E-state index in [1.165, 1.54) is 0 Å². The molecule has 0 radical (unpaired) electrons. The Labute approximate surface area is 183 Å². The van der Waals surface area contributed by atoms with Crippen molar-refractivity contribution in [1.29, 1.82) is 0 Å². The van der Waals surface area contributed by atoms with Gasteiger partial charge in [0.25, 0.3) is 0 Å². The van der Waals surface area contributed by atoms with Gasteiger partial charge in [0.1, 0.15) is 6.04 Å². The van der Waals surface area contributed by atoms with Crippen molar-refractivity contribution in [2.75, 3.05) is 6.54 Å². The average molecular weight is 435 g/mol. The second-order valence-electron chi connectivity index (χ2n) is 7.48. The standard InChI is InChI=1S/C23H28Cl2N2O2/c1-4-21(23(29)26-14-16(2)3)27(15-18-10-11-19(24)13-20(18)25)22(28)12-17-8-6-5-7-9-17/h5-11,13,16,21H,4,12,14-15H2,1-3H3,(H,26,29)/t21-/m0/s1. The summed E-state index contributed by atoms with van der Waals surface area (Å²) in [6.45, 7) is 6.79. The first-order valence-electron chi connectivity index (χ1n) is 9.86. The molecule has 0 spiro atoms. The molecule has 1 atom stereocenters. The molecular formula is C23H28Cl2N2O2. The molecule has 0 saturated heterocycles. The first kappa shape index (κ1) is 23.2. The summed E-state index contributed by atoms with van der Waals surface area (Å²) in [6.07, 6.45) is 0.732. The molecule has 0 heterocycles. The van der Waals surface area contributed by atoms with Crippen LogP contribution in [0.4, 0.5) is 0 Å². The number of hydrogen-bond donors (Lipinski definition) is 1. The van der Waals surface area contributed by atoms with Gasteiger partial charge in [0.05, 0.1) is 6.42 Å². The predicted octanol–water partition coefficient (Wildman–Crippen LogP) is 5.12. The smallest absolute Gasteiger partial charge is 0.242 e. The van der Waals surface area contributed by atoms with Crippen LogP contribution < -0.4 is 5.32 Å². The highest BCUT2D eigenvalue weighted by atomic mass is 35.5. The summed E-state index contributed by atoms with van der Waals surface area (Å²) in [5, 5.41) is 3.96. The van der Waals surface area contributed by atoms with E-state index in [0.29, 0.717) is 28.9 Å². The maximum atomic E-state index is 13.2. The fourth-order valence-corrected chi connectivity index (χ4v) is 3.52. The maximum Gasteiger partial charge on any atom is 0.242 e. The molecule has 0 bridgehead atoms. The second-order valence-corrected chi connectivity index (χ2v) is 8.33. The third-order valence-corrected chi connectivity index (χ3v) is 5.21.